The third-order valence-corrected chi connectivity index (χ3v) is 4.46. The summed E-state index contributed by atoms with van der Waals surface area (Å²) in [6.45, 7) is 2.25. The van der Waals surface area contributed by atoms with E-state index in [1.807, 2.05) is 6.07 Å². The van der Waals surface area contributed by atoms with Gasteiger partial charge >= 0.3 is 0 Å². The molecule has 0 aliphatic heterocycles. The number of hydrogen-bond acceptors (Lipinski definition) is 1. The van der Waals surface area contributed by atoms with Crippen molar-refractivity contribution in [2.45, 2.75) is 77.0 Å². The maximum absolute atomic E-state index is 10.1. The van der Waals surface area contributed by atoms with Crippen LogP contribution in [0.3, 0.4) is 0 Å². The monoisotopic (exact) mass is 260 g/mol. The molecule has 2 rings (SSSR count). The molecule has 1 heteroatoms. The van der Waals surface area contributed by atoms with Crippen LogP contribution in [0, 0.1) is 0 Å². The van der Waals surface area contributed by atoms with Gasteiger partial charge < -0.3 is 5.11 Å². The van der Waals surface area contributed by atoms with Gasteiger partial charge in [-0.15, -0.1) is 0 Å². The minimum absolute atomic E-state index is 0.518. The molecule has 1 aromatic carbocycles. The number of benzene rings is 1. The Kier molecular flexibility index (Phi) is 5.75. The van der Waals surface area contributed by atoms with Crippen LogP contribution in [0.15, 0.2) is 18.2 Å². The number of unbranched alkanes of at least 4 members (excludes halogenated alkanes) is 3. The fourth-order valence-electron chi connectivity index (χ4n) is 3.26. The highest BCUT2D eigenvalue weighted by Gasteiger charge is 2.18. The second-order valence-electron chi connectivity index (χ2n) is 6.04. The lowest BCUT2D eigenvalue weighted by atomic mass is 9.83. The number of aromatic hydroxyl groups is 1. The zero-order chi connectivity index (χ0) is 13.5. The second-order valence-corrected chi connectivity index (χ2v) is 6.04. The molecule has 0 aromatic heterocycles. The first-order valence-corrected chi connectivity index (χ1v) is 8.13. The first-order chi connectivity index (χ1) is 9.31. The van der Waals surface area contributed by atoms with Gasteiger partial charge in [0.15, 0.2) is 0 Å². The van der Waals surface area contributed by atoms with Gasteiger partial charge in [-0.25, -0.2) is 0 Å². The summed E-state index contributed by atoms with van der Waals surface area (Å²) in [7, 11) is 0. The van der Waals surface area contributed by atoms with Crippen LogP contribution in [0.25, 0.3) is 0 Å². The first kappa shape index (κ1) is 14.4. The molecule has 106 valence electrons. The van der Waals surface area contributed by atoms with E-state index in [0.717, 1.165) is 0 Å². The zero-order valence-electron chi connectivity index (χ0n) is 12.3. The minimum Gasteiger partial charge on any atom is -0.508 e. The molecule has 1 nitrogen and oxygen atoms in total. The normalized spacial score (nSPS) is 16.7. The fraction of sp³-hybridized carbons (Fsp3) is 0.667. The first-order valence-electron chi connectivity index (χ1n) is 8.13. The van der Waals surface area contributed by atoms with E-state index in [0.29, 0.717) is 11.7 Å². The smallest absolute Gasteiger partial charge is 0.119 e. The maximum Gasteiger partial charge on any atom is 0.119 e. The lowest BCUT2D eigenvalue weighted by Gasteiger charge is -2.23. The predicted molar refractivity (Wildman–Crippen MR) is 81.8 cm³/mol. The van der Waals surface area contributed by atoms with E-state index in [-0.39, 0.29) is 0 Å². The molecule has 1 fully saturated rings. The standard InChI is InChI=1S/C18H28O/c1-2-3-4-6-9-15-12-13-18(19)17(14-15)16-10-7-5-8-11-16/h12-14,16,19H,2-11H2,1H3. The average Bonchev–Trinajstić information content (AvgIpc) is 2.46. The Balaban J connectivity index is 1.97. The van der Waals surface area contributed by atoms with Crippen molar-refractivity contribution in [2.24, 2.45) is 0 Å². The maximum atomic E-state index is 10.1. The van der Waals surface area contributed by atoms with Crippen LogP contribution >= 0.6 is 0 Å². The largest absolute Gasteiger partial charge is 0.508 e. The van der Waals surface area contributed by atoms with E-state index in [1.54, 1.807) is 0 Å². The number of phenolic OH excluding ortho intramolecular Hbond substituents is 1. The van der Waals surface area contributed by atoms with Crippen molar-refractivity contribution >= 4 is 0 Å². The lowest BCUT2D eigenvalue weighted by Crippen LogP contribution is -2.05. The van der Waals surface area contributed by atoms with Crippen molar-refractivity contribution in [1.29, 1.82) is 0 Å². The molecule has 19 heavy (non-hydrogen) atoms. The quantitative estimate of drug-likeness (QED) is 0.664. The summed E-state index contributed by atoms with van der Waals surface area (Å²) in [6, 6.07) is 6.30. The van der Waals surface area contributed by atoms with Gasteiger partial charge in [0.2, 0.25) is 0 Å². The third kappa shape index (κ3) is 4.26. The molecular weight excluding hydrogens is 232 g/mol. The Morgan fingerprint density at radius 1 is 1.05 bits per heavy atom. The van der Waals surface area contributed by atoms with E-state index in [1.165, 1.54) is 75.3 Å². The van der Waals surface area contributed by atoms with Crippen molar-refractivity contribution in [3.05, 3.63) is 29.3 Å². The molecule has 1 aliphatic carbocycles. The van der Waals surface area contributed by atoms with Crippen LogP contribution in [-0.4, -0.2) is 5.11 Å². The molecule has 0 bridgehead atoms. The summed E-state index contributed by atoms with van der Waals surface area (Å²) >= 11 is 0. The summed E-state index contributed by atoms with van der Waals surface area (Å²) in [5, 5.41) is 10.1. The van der Waals surface area contributed by atoms with Crippen molar-refractivity contribution in [3.63, 3.8) is 0 Å². The minimum atomic E-state index is 0.518. The number of rotatable bonds is 6. The molecule has 1 saturated carbocycles. The van der Waals surface area contributed by atoms with Gasteiger partial charge in [0.25, 0.3) is 0 Å². The van der Waals surface area contributed by atoms with E-state index in [9.17, 15) is 5.11 Å². The summed E-state index contributed by atoms with van der Waals surface area (Å²) in [6.07, 6.45) is 12.9. The summed E-state index contributed by atoms with van der Waals surface area (Å²) in [5.41, 5.74) is 2.63. The van der Waals surface area contributed by atoms with Gasteiger partial charge in [-0.05, 0) is 48.8 Å². The van der Waals surface area contributed by atoms with Gasteiger partial charge in [-0.2, -0.15) is 0 Å². The molecule has 0 saturated heterocycles. The van der Waals surface area contributed by atoms with Crippen LogP contribution in [0.1, 0.15) is 81.8 Å². The molecule has 1 aromatic rings. The molecular formula is C18H28O. The highest BCUT2D eigenvalue weighted by molar-refractivity contribution is 5.39. The Morgan fingerprint density at radius 2 is 1.84 bits per heavy atom. The van der Waals surface area contributed by atoms with Gasteiger partial charge in [0.05, 0.1) is 0 Å². The summed E-state index contributed by atoms with van der Waals surface area (Å²) < 4.78 is 0. The van der Waals surface area contributed by atoms with E-state index in [2.05, 4.69) is 19.1 Å². The third-order valence-electron chi connectivity index (χ3n) is 4.46. The van der Waals surface area contributed by atoms with E-state index >= 15 is 0 Å². The van der Waals surface area contributed by atoms with Crippen molar-refractivity contribution in [2.75, 3.05) is 0 Å². The lowest BCUT2D eigenvalue weighted by molar-refractivity contribution is 0.414. The van der Waals surface area contributed by atoms with Crippen molar-refractivity contribution < 1.29 is 5.11 Å². The molecule has 0 spiro atoms. The molecule has 1 N–H and O–H groups in total. The summed E-state index contributed by atoms with van der Waals surface area (Å²) in [4.78, 5) is 0. The van der Waals surface area contributed by atoms with Crippen LogP contribution in [0.2, 0.25) is 0 Å². The average molecular weight is 260 g/mol. The second kappa shape index (κ2) is 7.57. The molecule has 0 atom stereocenters. The highest BCUT2D eigenvalue weighted by Crippen LogP contribution is 2.37. The summed E-state index contributed by atoms with van der Waals surface area (Å²) in [5.74, 6) is 1.12. The van der Waals surface area contributed by atoms with Gasteiger partial charge in [-0.3, -0.25) is 0 Å². The predicted octanol–water partition coefficient (Wildman–Crippen LogP) is 5.56. The molecule has 0 unspecified atom stereocenters. The van der Waals surface area contributed by atoms with Gasteiger partial charge in [0, 0.05) is 0 Å². The molecule has 0 amide bonds. The van der Waals surface area contributed by atoms with E-state index < -0.39 is 0 Å². The molecule has 0 radical (unpaired) electrons. The Bertz CT molecular complexity index is 377. The van der Waals surface area contributed by atoms with Crippen molar-refractivity contribution in [3.8, 4) is 5.75 Å². The van der Waals surface area contributed by atoms with Crippen LogP contribution < -0.4 is 0 Å². The van der Waals surface area contributed by atoms with Gasteiger partial charge in [0.1, 0.15) is 5.75 Å². The Labute approximate surface area is 118 Å². The van der Waals surface area contributed by atoms with Crippen LogP contribution in [-0.2, 0) is 6.42 Å². The fourth-order valence-corrected chi connectivity index (χ4v) is 3.26. The Hall–Kier alpha value is -0.980. The SMILES string of the molecule is CCCCCCc1ccc(O)c(C2CCCCC2)c1. The number of aryl methyl sites for hydroxylation is 1. The zero-order valence-corrected chi connectivity index (χ0v) is 12.3. The topological polar surface area (TPSA) is 20.2 Å². The van der Waals surface area contributed by atoms with Crippen LogP contribution in [0.5, 0.6) is 5.75 Å². The molecule has 0 heterocycles. The number of hydrogen-bond donors (Lipinski definition) is 1. The van der Waals surface area contributed by atoms with Crippen molar-refractivity contribution in [1.82, 2.24) is 0 Å². The number of phenols is 1. The van der Waals surface area contributed by atoms with Crippen LogP contribution in [0.4, 0.5) is 0 Å². The molecule has 1 aliphatic rings. The van der Waals surface area contributed by atoms with Gasteiger partial charge in [-0.1, -0.05) is 57.6 Å². The highest BCUT2D eigenvalue weighted by atomic mass is 16.3. The Morgan fingerprint density at radius 3 is 2.58 bits per heavy atom. The van der Waals surface area contributed by atoms with E-state index in [4.69, 9.17) is 0 Å².